The van der Waals surface area contributed by atoms with Gasteiger partial charge in [-0.25, -0.2) is 0 Å². The SMILES string of the molecule is O=c1ccc2cc(OCCCCCCCCO[C@H]3[C@H](O)[C@@H](CO)OC(O)[C@@H]3O)ccc2[nH]1. The molecule has 32 heavy (non-hydrogen) atoms. The van der Waals surface area contributed by atoms with Gasteiger partial charge < -0.3 is 39.6 Å². The minimum absolute atomic E-state index is 0.120. The van der Waals surface area contributed by atoms with Crippen LogP contribution in [0.15, 0.2) is 35.1 Å². The lowest BCUT2D eigenvalue weighted by Gasteiger charge is -2.39. The van der Waals surface area contributed by atoms with Crippen LogP contribution in [0.25, 0.3) is 10.9 Å². The van der Waals surface area contributed by atoms with Crippen LogP contribution in [0.3, 0.4) is 0 Å². The van der Waals surface area contributed by atoms with Crippen LogP contribution in [-0.2, 0) is 9.47 Å². The number of hydrogen-bond donors (Lipinski definition) is 5. The van der Waals surface area contributed by atoms with Crippen molar-refractivity contribution in [2.75, 3.05) is 19.8 Å². The molecule has 0 bridgehead atoms. The van der Waals surface area contributed by atoms with Crippen LogP contribution in [0, 0.1) is 0 Å². The molecule has 9 heteroatoms. The topological polar surface area (TPSA) is 141 Å². The number of aliphatic hydroxyl groups excluding tert-OH is 4. The molecule has 0 amide bonds. The first kappa shape index (κ1) is 24.6. The van der Waals surface area contributed by atoms with E-state index in [1.807, 2.05) is 18.2 Å². The molecule has 1 aliphatic heterocycles. The van der Waals surface area contributed by atoms with E-state index in [2.05, 4.69) is 4.98 Å². The molecular weight excluding hydrogens is 418 g/mol. The molecule has 1 aromatic carbocycles. The fourth-order valence-electron chi connectivity index (χ4n) is 3.81. The number of benzene rings is 1. The van der Waals surface area contributed by atoms with E-state index in [4.69, 9.17) is 14.2 Å². The van der Waals surface area contributed by atoms with Gasteiger partial charge in [-0.05, 0) is 37.1 Å². The molecule has 0 saturated carbocycles. The second-order valence-electron chi connectivity index (χ2n) is 8.11. The lowest BCUT2D eigenvalue weighted by atomic mass is 9.99. The normalized spacial score (nSPS) is 25.8. The van der Waals surface area contributed by atoms with E-state index in [0.29, 0.717) is 13.2 Å². The molecule has 5 atom stereocenters. The quantitative estimate of drug-likeness (QED) is 0.302. The smallest absolute Gasteiger partial charge is 0.248 e. The second kappa shape index (κ2) is 12.3. The third-order valence-corrected chi connectivity index (χ3v) is 5.65. The maximum atomic E-state index is 11.3. The van der Waals surface area contributed by atoms with Crippen molar-refractivity contribution in [3.05, 3.63) is 40.7 Å². The zero-order valence-electron chi connectivity index (χ0n) is 18.1. The summed E-state index contributed by atoms with van der Waals surface area (Å²) in [6.07, 6.45) is -0.170. The van der Waals surface area contributed by atoms with Gasteiger partial charge in [-0.2, -0.15) is 0 Å². The summed E-state index contributed by atoms with van der Waals surface area (Å²) in [6.45, 7) is 0.516. The molecule has 178 valence electrons. The van der Waals surface area contributed by atoms with Crippen molar-refractivity contribution in [2.24, 2.45) is 0 Å². The summed E-state index contributed by atoms with van der Waals surface area (Å²) < 4.78 is 16.3. The number of rotatable bonds is 12. The Kier molecular flexibility index (Phi) is 9.46. The molecule has 2 heterocycles. The van der Waals surface area contributed by atoms with Gasteiger partial charge in [0.2, 0.25) is 5.56 Å². The van der Waals surface area contributed by atoms with E-state index in [1.165, 1.54) is 6.07 Å². The van der Waals surface area contributed by atoms with Gasteiger partial charge in [-0.3, -0.25) is 4.79 Å². The molecule has 0 radical (unpaired) electrons. The minimum atomic E-state index is -1.48. The maximum Gasteiger partial charge on any atom is 0.248 e. The summed E-state index contributed by atoms with van der Waals surface area (Å²) in [6, 6.07) is 8.89. The Labute approximate surface area is 186 Å². The van der Waals surface area contributed by atoms with Crippen LogP contribution < -0.4 is 10.3 Å². The number of H-pyrrole nitrogens is 1. The first-order chi connectivity index (χ1) is 15.5. The van der Waals surface area contributed by atoms with Crippen LogP contribution in [0.1, 0.15) is 38.5 Å². The molecule has 1 unspecified atom stereocenters. The van der Waals surface area contributed by atoms with Crippen molar-refractivity contribution in [1.29, 1.82) is 0 Å². The summed E-state index contributed by atoms with van der Waals surface area (Å²) in [5, 5.41) is 39.8. The van der Waals surface area contributed by atoms with Gasteiger partial charge in [-0.1, -0.05) is 25.7 Å². The van der Waals surface area contributed by atoms with E-state index in [0.717, 1.165) is 55.2 Å². The average molecular weight is 452 g/mol. The van der Waals surface area contributed by atoms with Crippen LogP contribution in [-0.4, -0.2) is 75.9 Å². The van der Waals surface area contributed by atoms with Crippen LogP contribution in [0.5, 0.6) is 5.75 Å². The number of aliphatic hydroxyl groups is 4. The van der Waals surface area contributed by atoms with Gasteiger partial charge >= 0.3 is 0 Å². The van der Waals surface area contributed by atoms with Crippen LogP contribution in [0.2, 0.25) is 0 Å². The summed E-state index contributed by atoms with van der Waals surface area (Å²) in [7, 11) is 0. The Morgan fingerprint density at radius 2 is 1.62 bits per heavy atom. The molecular formula is C23H33NO8. The molecule has 0 spiro atoms. The highest BCUT2D eigenvalue weighted by atomic mass is 16.6. The van der Waals surface area contributed by atoms with Crippen molar-refractivity contribution >= 4 is 10.9 Å². The fourth-order valence-corrected chi connectivity index (χ4v) is 3.81. The number of unbranched alkanes of at least 4 members (excludes halogenated alkanes) is 5. The lowest BCUT2D eigenvalue weighted by Crippen LogP contribution is -2.59. The Hall–Kier alpha value is -2.01. The highest BCUT2D eigenvalue weighted by Gasteiger charge is 2.44. The van der Waals surface area contributed by atoms with Crippen molar-refractivity contribution in [1.82, 2.24) is 4.98 Å². The van der Waals surface area contributed by atoms with Gasteiger partial charge in [0.1, 0.15) is 30.2 Å². The van der Waals surface area contributed by atoms with Crippen molar-refractivity contribution < 1.29 is 34.6 Å². The molecule has 5 N–H and O–H groups in total. The van der Waals surface area contributed by atoms with Gasteiger partial charge in [-0.15, -0.1) is 0 Å². The second-order valence-corrected chi connectivity index (χ2v) is 8.11. The summed E-state index contributed by atoms with van der Waals surface area (Å²) >= 11 is 0. The molecule has 3 rings (SSSR count). The van der Waals surface area contributed by atoms with Gasteiger partial charge in [0.05, 0.1) is 13.2 Å². The van der Waals surface area contributed by atoms with Crippen LogP contribution >= 0.6 is 0 Å². The average Bonchev–Trinajstić information content (AvgIpc) is 2.79. The van der Waals surface area contributed by atoms with E-state index in [1.54, 1.807) is 6.07 Å². The van der Waals surface area contributed by atoms with E-state index >= 15 is 0 Å². The number of ether oxygens (including phenoxy) is 3. The number of aromatic amines is 1. The van der Waals surface area contributed by atoms with E-state index < -0.39 is 37.3 Å². The van der Waals surface area contributed by atoms with Crippen molar-refractivity contribution in [3.63, 3.8) is 0 Å². The van der Waals surface area contributed by atoms with Crippen molar-refractivity contribution in [2.45, 2.75) is 69.2 Å². The molecule has 9 nitrogen and oxygen atoms in total. The van der Waals surface area contributed by atoms with Gasteiger partial charge in [0.15, 0.2) is 6.29 Å². The highest BCUT2D eigenvalue weighted by Crippen LogP contribution is 2.23. The third-order valence-electron chi connectivity index (χ3n) is 5.65. The first-order valence-electron chi connectivity index (χ1n) is 11.2. The lowest BCUT2D eigenvalue weighted by molar-refractivity contribution is -0.294. The highest BCUT2D eigenvalue weighted by molar-refractivity contribution is 5.79. The molecule has 2 aromatic rings. The fraction of sp³-hybridized carbons (Fsp3) is 0.609. The zero-order valence-corrected chi connectivity index (χ0v) is 18.1. The number of nitrogens with one attached hydrogen (secondary N) is 1. The Balaban J connectivity index is 1.24. The summed E-state index contributed by atoms with van der Waals surface area (Å²) in [4.78, 5) is 14.1. The standard InChI is InChI=1S/C23H33NO8/c25-14-18-20(27)22(21(28)23(29)32-18)31-12-6-4-2-1-3-5-11-30-16-8-9-17-15(13-16)7-10-19(26)24-17/h7-10,13,18,20-23,25,27-29H,1-6,11-12,14H2,(H,24,26)/t18-,20-,21-,22+,23?/m1/s1. The summed E-state index contributed by atoms with van der Waals surface area (Å²) in [5.41, 5.74) is 0.671. The number of aromatic nitrogens is 1. The molecule has 1 fully saturated rings. The monoisotopic (exact) mass is 451 g/mol. The summed E-state index contributed by atoms with van der Waals surface area (Å²) in [5.74, 6) is 0.785. The number of pyridine rings is 1. The largest absolute Gasteiger partial charge is 0.494 e. The molecule has 1 saturated heterocycles. The Morgan fingerprint density at radius 3 is 2.38 bits per heavy atom. The molecule has 0 aliphatic carbocycles. The molecule has 1 aliphatic rings. The number of hydrogen-bond acceptors (Lipinski definition) is 8. The first-order valence-corrected chi connectivity index (χ1v) is 11.2. The maximum absolute atomic E-state index is 11.3. The zero-order chi connectivity index (χ0) is 22.9. The Bertz CT molecular complexity index is 888. The van der Waals surface area contributed by atoms with Gasteiger partial charge in [0.25, 0.3) is 0 Å². The van der Waals surface area contributed by atoms with Crippen LogP contribution in [0.4, 0.5) is 0 Å². The molecule has 1 aromatic heterocycles. The Morgan fingerprint density at radius 1 is 0.906 bits per heavy atom. The predicted octanol–water partition coefficient (Wildman–Crippen LogP) is 1.06. The van der Waals surface area contributed by atoms with Crippen molar-refractivity contribution in [3.8, 4) is 5.75 Å². The van der Waals surface area contributed by atoms with E-state index in [9.17, 15) is 25.2 Å². The van der Waals surface area contributed by atoms with E-state index in [-0.39, 0.29) is 5.56 Å². The van der Waals surface area contributed by atoms with Gasteiger partial charge in [0, 0.05) is 23.6 Å². The number of fused-ring (bicyclic) bond motifs is 1. The minimum Gasteiger partial charge on any atom is -0.494 e. The predicted molar refractivity (Wildman–Crippen MR) is 117 cm³/mol. The third kappa shape index (κ3) is 6.74.